The van der Waals surface area contributed by atoms with Gasteiger partial charge in [0.25, 0.3) is 10.1 Å². The number of fused-ring (bicyclic) bond motifs is 1. The molecule has 0 spiro atoms. The molecular formula is C10H13FN2O3S. The van der Waals surface area contributed by atoms with Crippen molar-refractivity contribution < 1.29 is 17.4 Å². The van der Waals surface area contributed by atoms with Crippen molar-refractivity contribution in [1.82, 2.24) is 4.98 Å². The molecule has 0 unspecified atom stereocenters. The van der Waals surface area contributed by atoms with Crippen LogP contribution in [0.1, 0.15) is 5.69 Å². The van der Waals surface area contributed by atoms with E-state index in [1.807, 2.05) is 6.07 Å². The zero-order valence-corrected chi connectivity index (χ0v) is 9.96. The fraction of sp³-hybridized carbons (Fsp3) is 0.200. The van der Waals surface area contributed by atoms with Gasteiger partial charge in [-0.3, -0.25) is 4.55 Å². The number of hydrogen-bond donors (Lipinski definition) is 3. The second kappa shape index (κ2) is 5.26. The molecule has 1 heterocycles. The van der Waals surface area contributed by atoms with Gasteiger partial charge in [0.2, 0.25) is 0 Å². The number of aromatic nitrogens is 1. The third-order valence-electron chi connectivity index (χ3n) is 1.86. The molecule has 0 atom stereocenters. The molecule has 0 aliphatic carbocycles. The highest BCUT2D eigenvalue weighted by atomic mass is 32.2. The highest BCUT2D eigenvalue weighted by Crippen LogP contribution is 2.15. The quantitative estimate of drug-likeness (QED) is 0.673. The Bertz CT molecular complexity index is 599. The minimum Gasteiger partial charge on any atom is -0.357 e. The van der Waals surface area contributed by atoms with Crippen molar-refractivity contribution in [2.24, 2.45) is 5.73 Å². The number of nitrogens with two attached hydrogens (primary N) is 1. The first kappa shape index (κ1) is 13.6. The van der Waals surface area contributed by atoms with Crippen molar-refractivity contribution in [3.63, 3.8) is 0 Å². The zero-order chi connectivity index (χ0) is 13.1. The SMILES string of the molecule is CS(=O)(=O)O.NCc1cc2cc(F)ccc2[nH]1. The Balaban J connectivity index is 0.000000249. The maximum atomic E-state index is 12.7. The van der Waals surface area contributed by atoms with E-state index in [-0.39, 0.29) is 5.82 Å². The van der Waals surface area contributed by atoms with Crippen LogP contribution >= 0.6 is 0 Å². The monoisotopic (exact) mass is 260 g/mol. The first-order valence-corrected chi connectivity index (χ1v) is 6.54. The molecule has 0 amide bonds. The van der Waals surface area contributed by atoms with Crippen LogP contribution in [0.15, 0.2) is 24.3 Å². The van der Waals surface area contributed by atoms with Crippen LogP contribution in [0.5, 0.6) is 0 Å². The van der Waals surface area contributed by atoms with Gasteiger partial charge in [-0.1, -0.05) is 0 Å². The normalized spacial score (nSPS) is 11.1. The molecule has 0 saturated carbocycles. The van der Waals surface area contributed by atoms with E-state index in [0.29, 0.717) is 12.8 Å². The number of H-pyrrole nitrogens is 1. The average Bonchev–Trinajstić information content (AvgIpc) is 2.57. The summed E-state index contributed by atoms with van der Waals surface area (Å²) in [7, 11) is -3.67. The highest BCUT2D eigenvalue weighted by Gasteiger charge is 1.99. The van der Waals surface area contributed by atoms with E-state index in [9.17, 15) is 12.8 Å². The van der Waals surface area contributed by atoms with Gasteiger partial charge in [-0.2, -0.15) is 8.42 Å². The number of hydrogen-bond acceptors (Lipinski definition) is 3. The molecule has 1 aromatic heterocycles. The molecule has 0 fully saturated rings. The summed E-state index contributed by atoms with van der Waals surface area (Å²) in [6.07, 6.45) is 0.715. The molecule has 0 aliphatic heterocycles. The molecule has 2 rings (SSSR count). The van der Waals surface area contributed by atoms with Gasteiger partial charge >= 0.3 is 0 Å². The van der Waals surface area contributed by atoms with Crippen molar-refractivity contribution >= 4 is 21.0 Å². The predicted molar refractivity (Wildman–Crippen MR) is 63.6 cm³/mol. The van der Waals surface area contributed by atoms with Gasteiger partial charge in [-0.25, -0.2) is 4.39 Å². The smallest absolute Gasteiger partial charge is 0.261 e. The maximum absolute atomic E-state index is 12.7. The number of aromatic amines is 1. The van der Waals surface area contributed by atoms with E-state index in [4.69, 9.17) is 10.3 Å². The van der Waals surface area contributed by atoms with E-state index in [1.165, 1.54) is 12.1 Å². The van der Waals surface area contributed by atoms with E-state index < -0.39 is 10.1 Å². The molecule has 17 heavy (non-hydrogen) atoms. The Morgan fingerprint density at radius 1 is 1.41 bits per heavy atom. The third kappa shape index (κ3) is 4.94. The van der Waals surface area contributed by atoms with Gasteiger partial charge in [0, 0.05) is 23.1 Å². The lowest BCUT2D eigenvalue weighted by Crippen LogP contribution is -1.94. The van der Waals surface area contributed by atoms with Crippen LogP contribution in [-0.2, 0) is 16.7 Å². The molecule has 4 N–H and O–H groups in total. The van der Waals surface area contributed by atoms with Gasteiger partial charge in [0.15, 0.2) is 0 Å². The van der Waals surface area contributed by atoms with Crippen LogP contribution in [-0.4, -0.2) is 24.2 Å². The standard InChI is InChI=1S/C9H9FN2.CH4O3S/c10-7-1-2-9-6(3-7)4-8(5-11)12-9;1-5(2,3)4/h1-4,12H,5,11H2;1H3,(H,2,3,4). The molecule has 1 aromatic carbocycles. The fourth-order valence-corrected chi connectivity index (χ4v) is 1.27. The van der Waals surface area contributed by atoms with Crippen molar-refractivity contribution in [2.75, 3.05) is 6.26 Å². The Morgan fingerprint density at radius 3 is 2.53 bits per heavy atom. The van der Waals surface area contributed by atoms with Gasteiger partial charge in [0.1, 0.15) is 5.82 Å². The first-order chi connectivity index (χ1) is 7.79. The third-order valence-corrected chi connectivity index (χ3v) is 1.86. The Morgan fingerprint density at radius 2 is 2.00 bits per heavy atom. The molecule has 5 nitrogen and oxygen atoms in total. The van der Waals surface area contributed by atoms with Crippen LogP contribution < -0.4 is 5.73 Å². The number of benzene rings is 1. The molecule has 94 valence electrons. The Kier molecular flexibility index (Phi) is 4.22. The van der Waals surface area contributed by atoms with E-state index in [1.54, 1.807) is 6.07 Å². The summed E-state index contributed by atoms with van der Waals surface area (Å²) in [5, 5.41) is 0.871. The van der Waals surface area contributed by atoms with Crippen LogP contribution in [0.25, 0.3) is 10.9 Å². The molecular weight excluding hydrogens is 247 g/mol. The Hall–Kier alpha value is -1.44. The van der Waals surface area contributed by atoms with E-state index >= 15 is 0 Å². The summed E-state index contributed by atoms with van der Waals surface area (Å²) in [6.45, 7) is 0.455. The summed E-state index contributed by atoms with van der Waals surface area (Å²) in [4.78, 5) is 3.08. The largest absolute Gasteiger partial charge is 0.357 e. The summed E-state index contributed by atoms with van der Waals surface area (Å²) in [5.41, 5.74) is 7.28. The fourth-order valence-electron chi connectivity index (χ4n) is 1.27. The summed E-state index contributed by atoms with van der Waals surface area (Å²) >= 11 is 0. The highest BCUT2D eigenvalue weighted by molar-refractivity contribution is 7.85. The first-order valence-electron chi connectivity index (χ1n) is 4.69. The lowest BCUT2D eigenvalue weighted by Gasteiger charge is -1.87. The van der Waals surface area contributed by atoms with Crippen LogP contribution in [0.3, 0.4) is 0 Å². The van der Waals surface area contributed by atoms with Gasteiger partial charge < -0.3 is 10.7 Å². The lowest BCUT2D eigenvalue weighted by molar-refractivity contribution is 0.490. The average molecular weight is 260 g/mol. The predicted octanol–water partition coefficient (Wildman–Crippen LogP) is 1.27. The second-order valence-corrected chi connectivity index (χ2v) is 4.93. The molecule has 2 aromatic rings. The van der Waals surface area contributed by atoms with Crippen molar-refractivity contribution in [3.8, 4) is 0 Å². The van der Waals surface area contributed by atoms with E-state index in [2.05, 4.69) is 4.98 Å². The summed E-state index contributed by atoms with van der Waals surface area (Å²) < 4.78 is 38.6. The maximum Gasteiger partial charge on any atom is 0.261 e. The summed E-state index contributed by atoms with van der Waals surface area (Å²) in [5.74, 6) is -0.218. The Labute approximate surface area is 98.2 Å². The van der Waals surface area contributed by atoms with Gasteiger partial charge in [-0.15, -0.1) is 0 Å². The van der Waals surface area contributed by atoms with Gasteiger partial charge in [0.05, 0.1) is 6.26 Å². The minimum atomic E-state index is -3.67. The van der Waals surface area contributed by atoms with Crippen molar-refractivity contribution in [1.29, 1.82) is 0 Å². The molecule has 0 radical (unpaired) electrons. The van der Waals surface area contributed by atoms with Crippen LogP contribution in [0.2, 0.25) is 0 Å². The molecule has 0 aliphatic rings. The lowest BCUT2D eigenvalue weighted by atomic mass is 10.2. The number of rotatable bonds is 1. The van der Waals surface area contributed by atoms with Gasteiger partial charge in [-0.05, 0) is 24.3 Å². The van der Waals surface area contributed by atoms with Crippen molar-refractivity contribution in [3.05, 3.63) is 35.8 Å². The van der Waals surface area contributed by atoms with Crippen LogP contribution in [0.4, 0.5) is 4.39 Å². The van der Waals surface area contributed by atoms with Crippen molar-refractivity contribution in [2.45, 2.75) is 6.54 Å². The minimum absolute atomic E-state index is 0.218. The van der Waals surface area contributed by atoms with Crippen LogP contribution in [0, 0.1) is 5.82 Å². The zero-order valence-electron chi connectivity index (χ0n) is 9.14. The number of nitrogens with one attached hydrogen (secondary N) is 1. The number of halogens is 1. The van der Waals surface area contributed by atoms with E-state index in [0.717, 1.165) is 16.6 Å². The second-order valence-electron chi connectivity index (χ2n) is 3.46. The summed E-state index contributed by atoms with van der Waals surface area (Å²) in [6, 6.07) is 6.49. The molecule has 0 bridgehead atoms. The molecule has 7 heteroatoms. The topological polar surface area (TPSA) is 96.2 Å². The molecule has 0 saturated heterocycles.